The molecule has 0 aromatic carbocycles. The highest BCUT2D eigenvalue weighted by molar-refractivity contribution is 4.82. The van der Waals surface area contributed by atoms with E-state index in [2.05, 4.69) is 6.92 Å². The number of hydrogen-bond acceptors (Lipinski definition) is 2. The van der Waals surface area contributed by atoms with Gasteiger partial charge in [-0.1, -0.05) is 32.1 Å². The zero-order valence-corrected chi connectivity index (χ0v) is 9.72. The molecule has 1 aliphatic rings. The Morgan fingerprint density at radius 2 is 1.93 bits per heavy atom. The van der Waals surface area contributed by atoms with Gasteiger partial charge in [0.25, 0.3) is 0 Å². The van der Waals surface area contributed by atoms with Crippen molar-refractivity contribution in [2.75, 3.05) is 13.7 Å². The Balaban J connectivity index is 2.25. The van der Waals surface area contributed by atoms with Crippen molar-refractivity contribution in [3.8, 4) is 0 Å². The van der Waals surface area contributed by atoms with E-state index in [0.29, 0.717) is 0 Å². The molecule has 14 heavy (non-hydrogen) atoms. The van der Waals surface area contributed by atoms with E-state index in [9.17, 15) is 0 Å². The third-order valence-corrected chi connectivity index (χ3v) is 3.36. The Labute approximate surface area is 88.2 Å². The first-order valence-electron chi connectivity index (χ1n) is 5.92. The maximum Gasteiger partial charge on any atom is 0.0479 e. The maximum absolute atomic E-state index is 6.25. The summed E-state index contributed by atoms with van der Waals surface area (Å²) in [4.78, 5) is 0. The standard InChI is InChI=1S/C12H25NO/c1-12(13,8-9-14-2)10-11-6-4-3-5-7-11/h11H,3-10,13H2,1-2H3. The average molecular weight is 199 g/mol. The lowest BCUT2D eigenvalue weighted by Crippen LogP contribution is -2.39. The van der Waals surface area contributed by atoms with Crippen LogP contribution in [-0.4, -0.2) is 19.3 Å². The first-order valence-corrected chi connectivity index (χ1v) is 5.92. The Bertz CT molecular complexity index is 150. The predicted molar refractivity (Wildman–Crippen MR) is 60.3 cm³/mol. The second kappa shape index (κ2) is 5.72. The SMILES string of the molecule is COCCC(C)(N)CC1CCCCC1. The van der Waals surface area contributed by atoms with Crippen molar-refractivity contribution in [3.63, 3.8) is 0 Å². The molecule has 0 aromatic rings. The van der Waals surface area contributed by atoms with Gasteiger partial charge in [-0.25, -0.2) is 0 Å². The van der Waals surface area contributed by atoms with Gasteiger partial charge in [0.1, 0.15) is 0 Å². The number of rotatable bonds is 5. The molecule has 2 N–H and O–H groups in total. The summed E-state index contributed by atoms with van der Waals surface area (Å²) in [6.07, 6.45) is 9.18. The molecule has 1 unspecified atom stereocenters. The van der Waals surface area contributed by atoms with Crippen LogP contribution in [0.1, 0.15) is 51.9 Å². The van der Waals surface area contributed by atoms with Crippen molar-refractivity contribution in [3.05, 3.63) is 0 Å². The van der Waals surface area contributed by atoms with Gasteiger partial charge in [0.2, 0.25) is 0 Å². The Kier molecular flexibility index (Phi) is 4.90. The molecule has 84 valence electrons. The summed E-state index contributed by atoms with van der Waals surface area (Å²) >= 11 is 0. The van der Waals surface area contributed by atoms with Gasteiger partial charge in [0.15, 0.2) is 0 Å². The van der Waals surface area contributed by atoms with Gasteiger partial charge in [-0.15, -0.1) is 0 Å². The van der Waals surface area contributed by atoms with Crippen LogP contribution in [0.15, 0.2) is 0 Å². The van der Waals surface area contributed by atoms with Crippen molar-refractivity contribution in [2.24, 2.45) is 11.7 Å². The fourth-order valence-corrected chi connectivity index (χ4v) is 2.49. The summed E-state index contributed by atoms with van der Waals surface area (Å²) < 4.78 is 5.09. The first kappa shape index (κ1) is 12.0. The van der Waals surface area contributed by atoms with Crippen LogP contribution in [-0.2, 0) is 4.74 Å². The third kappa shape index (κ3) is 4.43. The summed E-state index contributed by atoms with van der Waals surface area (Å²) in [5.74, 6) is 0.871. The molecule has 0 spiro atoms. The van der Waals surface area contributed by atoms with Gasteiger partial charge in [0, 0.05) is 19.3 Å². The van der Waals surface area contributed by atoms with E-state index in [1.165, 1.54) is 38.5 Å². The van der Waals surface area contributed by atoms with Gasteiger partial charge >= 0.3 is 0 Å². The van der Waals surface area contributed by atoms with Crippen LogP contribution in [0.5, 0.6) is 0 Å². The highest BCUT2D eigenvalue weighted by Crippen LogP contribution is 2.30. The van der Waals surface area contributed by atoms with Crippen molar-refractivity contribution in [1.82, 2.24) is 0 Å². The van der Waals surface area contributed by atoms with E-state index in [0.717, 1.165) is 18.9 Å². The molecule has 2 heteroatoms. The van der Waals surface area contributed by atoms with Gasteiger partial charge in [-0.05, 0) is 25.7 Å². The van der Waals surface area contributed by atoms with Crippen LogP contribution in [0.2, 0.25) is 0 Å². The molecule has 1 aliphatic carbocycles. The molecule has 0 aliphatic heterocycles. The molecule has 0 bridgehead atoms. The molecule has 1 rings (SSSR count). The monoisotopic (exact) mass is 199 g/mol. The summed E-state index contributed by atoms with van der Waals surface area (Å²) in [5.41, 5.74) is 6.24. The molecular weight excluding hydrogens is 174 g/mol. The molecule has 2 nitrogen and oxygen atoms in total. The minimum atomic E-state index is -0.0159. The van der Waals surface area contributed by atoms with Gasteiger partial charge in [-0.3, -0.25) is 0 Å². The van der Waals surface area contributed by atoms with E-state index in [1.807, 2.05) is 0 Å². The maximum atomic E-state index is 6.25. The van der Waals surface area contributed by atoms with Crippen LogP contribution in [0.3, 0.4) is 0 Å². The third-order valence-electron chi connectivity index (χ3n) is 3.36. The Hall–Kier alpha value is -0.0800. The highest BCUT2D eigenvalue weighted by atomic mass is 16.5. The second-order valence-corrected chi connectivity index (χ2v) is 5.10. The molecule has 0 radical (unpaired) electrons. The number of nitrogens with two attached hydrogens (primary N) is 1. The molecule has 1 atom stereocenters. The van der Waals surface area contributed by atoms with Crippen molar-refractivity contribution in [2.45, 2.75) is 57.4 Å². The Morgan fingerprint density at radius 1 is 1.29 bits per heavy atom. The van der Waals surface area contributed by atoms with Crippen LogP contribution in [0, 0.1) is 5.92 Å². The smallest absolute Gasteiger partial charge is 0.0479 e. The van der Waals surface area contributed by atoms with Gasteiger partial charge in [-0.2, -0.15) is 0 Å². The molecule has 0 heterocycles. The number of ether oxygens (including phenoxy) is 1. The largest absolute Gasteiger partial charge is 0.385 e. The van der Waals surface area contributed by atoms with Crippen LogP contribution >= 0.6 is 0 Å². The van der Waals surface area contributed by atoms with Crippen LogP contribution in [0.4, 0.5) is 0 Å². The van der Waals surface area contributed by atoms with E-state index in [-0.39, 0.29) is 5.54 Å². The summed E-state index contributed by atoms with van der Waals surface area (Å²) in [6.45, 7) is 2.96. The zero-order chi connectivity index (χ0) is 10.4. The van der Waals surface area contributed by atoms with Gasteiger partial charge < -0.3 is 10.5 Å². The van der Waals surface area contributed by atoms with E-state index in [1.54, 1.807) is 7.11 Å². The number of hydrogen-bond donors (Lipinski definition) is 1. The predicted octanol–water partition coefficient (Wildman–Crippen LogP) is 2.71. The quantitative estimate of drug-likeness (QED) is 0.739. The van der Waals surface area contributed by atoms with Crippen molar-refractivity contribution >= 4 is 0 Å². The molecule has 1 saturated carbocycles. The normalized spacial score (nSPS) is 23.4. The molecule has 0 aromatic heterocycles. The first-order chi connectivity index (χ1) is 6.64. The fourth-order valence-electron chi connectivity index (χ4n) is 2.49. The van der Waals surface area contributed by atoms with Crippen LogP contribution in [0.25, 0.3) is 0 Å². The minimum absolute atomic E-state index is 0.0159. The van der Waals surface area contributed by atoms with Crippen molar-refractivity contribution < 1.29 is 4.74 Å². The van der Waals surface area contributed by atoms with E-state index >= 15 is 0 Å². The fraction of sp³-hybridized carbons (Fsp3) is 1.00. The second-order valence-electron chi connectivity index (χ2n) is 5.10. The van der Waals surface area contributed by atoms with Crippen LogP contribution < -0.4 is 5.73 Å². The molecule has 1 fully saturated rings. The average Bonchev–Trinajstić information content (AvgIpc) is 2.16. The van der Waals surface area contributed by atoms with Crippen molar-refractivity contribution in [1.29, 1.82) is 0 Å². The summed E-state index contributed by atoms with van der Waals surface area (Å²) in [5, 5.41) is 0. The molecular formula is C12H25NO. The number of methoxy groups -OCH3 is 1. The topological polar surface area (TPSA) is 35.2 Å². The lowest BCUT2D eigenvalue weighted by molar-refractivity contribution is 0.157. The zero-order valence-electron chi connectivity index (χ0n) is 9.72. The highest BCUT2D eigenvalue weighted by Gasteiger charge is 2.24. The molecule has 0 amide bonds. The lowest BCUT2D eigenvalue weighted by Gasteiger charge is -2.31. The molecule has 0 saturated heterocycles. The Morgan fingerprint density at radius 3 is 2.50 bits per heavy atom. The summed E-state index contributed by atoms with van der Waals surface area (Å²) in [7, 11) is 1.75. The van der Waals surface area contributed by atoms with Gasteiger partial charge in [0.05, 0.1) is 0 Å². The lowest BCUT2D eigenvalue weighted by atomic mass is 9.79. The summed E-state index contributed by atoms with van der Waals surface area (Å²) in [6, 6.07) is 0. The minimum Gasteiger partial charge on any atom is -0.385 e. The van der Waals surface area contributed by atoms with E-state index < -0.39 is 0 Å². The van der Waals surface area contributed by atoms with E-state index in [4.69, 9.17) is 10.5 Å².